The number of hydrogen-bond donors (Lipinski definition) is 0. The Morgan fingerprint density at radius 3 is 1.42 bits per heavy atom. The van der Waals surface area contributed by atoms with E-state index >= 15 is 0 Å². The van der Waals surface area contributed by atoms with E-state index in [4.69, 9.17) is 4.74 Å². The Morgan fingerprint density at radius 1 is 0.269 bits per heavy atom. The summed E-state index contributed by atoms with van der Waals surface area (Å²) < 4.78 is 7.28. The SMILES string of the molecule is c1ccc(-c2cccc(N(c3ccc(-c4ccc5c(c4)C4(c6ccccc6-5)c5ccc6ccccc6c5Oc5c4ccc4ccccc54)cc3)c3cccc4c3-c3ccccc3C4(c3ccccc3)c3ccccc3)c2)cc1. The number of rotatable bonds is 7. The second-order valence-electron chi connectivity index (χ2n) is 21.0. The fourth-order valence-corrected chi connectivity index (χ4v) is 13.9. The van der Waals surface area contributed by atoms with Crippen LogP contribution in [-0.4, -0.2) is 0 Å². The summed E-state index contributed by atoms with van der Waals surface area (Å²) in [4.78, 5) is 2.48. The van der Waals surface area contributed by atoms with Gasteiger partial charge in [-0.05, 0) is 119 Å². The molecule has 1 heterocycles. The molecule has 13 aromatic rings. The van der Waals surface area contributed by atoms with Crippen molar-refractivity contribution in [3.8, 4) is 56.0 Å². The van der Waals surface area contributed by atoms with Crippen molar-refractivity contribution in [2.45, 2.75) is 10.8 Å². The maximum Gasteiger partial charge on any atom is 0.140 e. The summed E-state index contributed by atoms with van der Waals surface area (Å²) in [6.07, 6.45) is 0. The molecule has 2 nitrogen and oxygen atoms in total. The first-order valence-electron chi connectivity index (χ1n) is 27.1. The van der Waals surface area contributed by atoms with Crippen molar-refractivity contribution in [2.24, 2.45) is 0 Å². The molecule has 0 fully saturated rings. The largest absolute Gasteiger partial charge is 0.455 e. The molecule has 364 valence electrons. The van der Waals surface area contributed by atoms with Gasteiger partial charge < -0.3 is 9.64 Å². The highest BCUT2D eigenvalue weighted by Crippen LogP contribution is 2.65. The van der Waals surface area contributed by atoms with Crippen molar-refractivity contribution in [3.05, 3.63) is 342 Å². The van der Waals surface area contributed by atoms with Crippen LogP contribution in [0.1, 0.15) is 44.5 Å². The first kappa shape index (κ1) is 44.3. The van der Waals surface area contributed by atoms with Gasteiger partial charge in [0.25, 0.3) is 0 Å². The molecule has 2 aliphatic carbocycles. The van der Waals surface area contributed by atoms with Gasteiger partial charge in [-0.2, -0.15) is 0 Å². The fourth-order valence-electron chi connectivity index (χ4n) is 13.9. The summed E-state index contributed by atoms with van der Waals surface area (Å²) in [5, 5.41) is 4.55. The molecule has 0 unspecified atom stereocenters. The molecule has 0 saturated heterocycles. The van der Waals surface area contributed by atoms with Crippen LogP contribution in [-0.2, 0) is 10.8 Å². The van der Waals surface area contributed by atoms with Gasteiger partial charge in [-0.15, -0.1) is 0 Å². The molecule has 1 aliphatic heterocycles. The molecule has 0 amide bonds. The summed E-state index contributed by atoms with van der Waals surface area (Å²) in [7, 11) is 0. The summed E-state index contributed by atoms with van der Waals surface area (Å²) in [6.45, 7) is 0. The smallest absolute Gasteiger partial charge is 0.140 e. The highest BCUT2D eigenvalue weighted by molar-refractivity contribution is 6.01. The minimum atomic E-state index is -0.641. The van der Waals surface area contributed by atoms with E-state index in [0.29, 0.717) is 0 Å². The van der Waals surface area contributed by atoms with Crippen molar-refractivity contribution < 1.29 is 4.74 Å². The van der Waals surface area contributed by atoms with Crippen LogP contribution < -0.4 is 9.64 Å². The predicted octanol–water partition coefficient (Wildman–Crippen LogP) is 19.6. The lowest BCUT2D eigenvalue weighted by Gasteiger charge is -2.40. The molecular weight excluding hydrogens is 943 g/mol. The van der Waals surface area contributed by atoms with Crippen LogP contribution in [0.4, 0.5) is 17.1 Å². The average Bonchev–Trinajstić information content (AvgIpc) is 3.58. The van der Waals surface area contributed by atoms with Crippen LogP contribution in [0.15, 0.2) is 297 Å². The number of benzene rings is 13. The second kappa shape index (κ2) is 17.3. The Bertz CT molecular complexity index is 4400. The van der Waals surface area contributed by atoms with Gasteiger partial charge in [0.15, 0.2) is 0 Å². The minimum absolute atomic E-state index is 0.540. The maximum absolute atomic E-state index is 7.28. The van der Waals surface area contributed by atoms with Gasteiger partial charge in [0, 0.05) is 38.8 Å². The van der Waals surface area contributed by atoms with Crippen LogP contribution in [0.3, 0.4) is 0 Å². The van der Waals surface area contributed by atoms with Crippen molar-refractivity contribution in [2.75, 3.05) is 4.90 Å². The summed E-state index contributed by atoms with van der Waals surface area (Å²) in [6, 6.07) is 110. The zero-order valence-electron chi connectivity index (χ0n) is 42.6. The van der Waals surface area contributed by atoms with Crippen molar-refractivity contribution in [1.82, 2.24) is 0 Å². The topological polar surface area (TPSA) is 12.5 Å². The van der Waals surface area contributed by atoms with E-state index in [1.165, 1.54) is 61.2 Å². The lowest BCUT2D eigenvalue weighted by molar-refractivity contribution is 0.447. The highest BCUT2D eigenvalue weighted by atomic mass is 16.5. The highest BCUT2D eigenvalue weighted by Gasteiger charge is 2.52. The van der Waals surface area contributed by atoms with Gasteiger partial charge in [0.2, 0.25) is 0 Å². The Kier molecular flexibility index (Phi) is 9.80. The van der Waals surface area contributed by atoms with Crippen LogP contribution in [0, 0.1) is 0 Å². The molecule has 0 bridgehead atoms. The Hall–Kier alpha value is -10.0. The number of ether oxygens (including phenoxy) is 1. The molecule has 0 radical (unpaired) electrons. The fraction of sp³-hybridized carbons (Fsp3) is 0.0263. The first-order valence-corrected chi connectivity index (χ1v) is 27.1. The van der Waals surface area contributed by atoms with E-state index in [0.717, 1.165) is 77.9 Å². The Labute approximate surface area is 454 Å². The lowest BCUT2D eigenvalue weighted by atomic mass is 9.65. The van der Waals surface area contributed by atoms with Crippen LogP contribution in [0.2, 0.25) is 0 Å². The van der Waals surface area contributed by atoms with E-state index in [9.17, 15) is 0 Å². The first-order chi connectivity index (χ1) is 38.7. The number of hydrogen-bond acceptors (Lipinski definition) is 2. The van der Waals surface area contributed by atoms with Crippen molar-refractivity contribution in [1.29, 1.82) is 0 Å². The Morgan fingerprint density at radius 2 is 0.756 bits per heavy atom. The van der Waals surface area contributed by atoms with Crippen LogP contribution in [0.5, 0.6) is 11.5 Å². The van der Waals surface area contributed by atoms with E-state index in [-0.39, 0.29) is 0 Å². The maximum atomic E-state index is 7.28. The molecule has 16 rings (SSSR count). The molecule has 13 aromatic carbocycles. The van der Waals surface area contributed by atoms with Crippen LogP contribution in [0.25, 0.3) is 66.1 Å². The molecule has 1 spiro atoms. The Balaban J connectivity index is 0.898. The molecule has 78 heavy (non-hydrogen) atoms. The van der Waals surface area contributed by atoms with Crippen LogP contribution >= 0.6 is 0 Å². The van der Waals surface area contributed by atoms with Gasteiger partial charge in [0.05, 0.1) is 16.5 Å². The zero-order chi connectivity index (χ0) is 51.4. The van der Waals surface area contributed by atoms with E-state index in [1.54, 1.807) is 0 Å². The van der Waals surface area contributed by atoms with Gasteiger partial charge in [-0.3, -0.25) is 0 Å². The molecule has 0 aromatic heterocycles. The lowest BCUT2D eigenvalue weighted by Crippen LogP contribution is -2.32. The molecule has 3 aliphatic rings. The third-order valence-electron chi connectivity index (χ3n) is 17.2. The monoisotopic (exact) mass is 991 g/mol. The van der Waals surface area contributed by atoms with E-state index < -0.39 is 10.8 Å². The van der Waals surface area contributed by atoms with Crippen molar-refractivity contribution >= 4 is 38.6 Å². The third-order valence-corrected chi connectivity index (χ3v) is 17.2. The van der Waals surface area contributed by atoms with Crippen molar-refractivity contribution in [3.63, 3.8) is 0 Å². The third kappa shape index (κ3) is 6.26. The zero-order valence-corrected chi connectivity index (χ0v) is 42.6. The summed E-state index contributed by atoms with van der Waals surface area (Å²) >= 11 is 0. The van der Waals surface area contributed by atoms with Gasteiger partial charge in [0.1, 0.15) is 11.5 Å². The molecular formula is C76H49NO. The second-order valence-corrected chi connectivity index (χ2v) is 21.0. The molecule has 2 heteroatoms. The molecule has 0 N–H and O–H groups in total. The number of anilines is 3. The van der Waals surface area contributed by atoms with Gasteiger partial charge >= 0.3 is 0 Å². The van der Waals surface area contributed by atoms with E-state index in [1.807, 2.05) is 0 Å². The standard InChI is InChI=1S/C76H49NO/c1-4-20-50(21-5-1)54-24-18-29-59(48-54)77(71-37-19-36-67-72(71)64-33-15-17-35-66(64)75(67,56-25-6-2-7-26-56)57-27-8-3-9-28-57)58-43-38-51(39-44-58)55-40-45-63-62-32-14-16-34-65(62)76(70(63)49-55)68-46-41-52-22-10-12-30-60(52)73(68)78-74-61-31-13-11-23-53(61)42-47-69(74)76/h1-49H. The minimum Gasteiger partial charge on any atom is -0.455 e. The molecule has 0 saturated carbocycles. The number of nitrogens with zero attached hydrogens (tertiary/aromatic N) is 1. The quantitative estimate of drug-likeness (QED) is 0.158. The predicted molar refractivity (Wildman–Crippen MR) is 322 cm³/mol. The van der Waals surface area contributed by atoms with E-state index in [2.05, 4.69) is 302 Å². The van der Waals surface area contributed by atoms with Gasteiger partial charge in [-0.25, -0.2) is 0 Å². The normalized spacial score (nSPS) is 13.7. The van der Waals surface area contributed by atoms with Gasteiger partial charge in [-0.1, -0.05) is 261 Å². The number of fused-ring (bicyclic) bond motifs is 16. The average molecular weight is 992 g/mol. The summed E-state index contributed by atoms with van der Waals surface area (Å²) in [5.41, 5.74) is 21.6. The summed E-state index contributed by atoms with van der Waals surface area (Å²) in [5.74, 6) is 1.84. The molecule has 0 atom stereocenters.